The van der Waals surface area contributed by atoms with Crippen molar-refractivity contribution in [3.63, 3.8) is 0 Å². The van der Waals surface area contributed by atoms with Crippen LogP contribution in [0.5, 0.6) is 5.75 Å². The molecule has 0 spiro atoms. The van der Waals surface area contributed by atoms with Crippen molar-refractivity contribution in [1.82, 2.24) is 4.98 Å². The number of amides is 1. The van der Waals surface area contributed by atoms with Gasteiger partial charge in [-0.1, -0.05) is 17.7 Å². The maximum Gasteiger partial charge on any atom is 0.221 e. The van der Waals surface area contributed by atoms with E-state index in [0.29, 0.717) is 5.02 Å². The summed E-state index contributed by atoms with van der Waals surface area (Å²) < 4.78 is 5.40. The summed E-state index contributed by atoms with van der Waals surface area (Å²) in [5, 5.41) is 8.79. The maximum absolute atomic E-state index is 11.4. The highest BCUT2D eigenvalue weighted by Gasteiger charge is 2.12. The predicted molar refractivity (Wildman–Crippen MR) is 115 cm³/mol. The number of hydrogen-bond donors (Lipinski definition) is 2. The normalized spacial score (nSPS) is 10.8. The minimum atomic E-state index is -0.115. The van der Waals surface area contributed by atoms with Gasteiger partial charge in [0.15, 0.2) is 0 Å². The Morgan fingerprint density at radius 1 is 0.964 bits per heavy atom. The number of benzene rings is 3. The van der Waals surface area contributed by atoms with Gasteiger partial charge in [0.25, 0.3) is 0 Å². The molecule has 3 aromatic carbocycles. The first-order valence-electron chi connectivity index (χ1n) is 8.75. The number of anilines is 3. The molecule has 0 bridgehead atoms. The number of carbonyl (C=O) groups is 1. The van der Waals surface area contributed by atoms with E-state index in [1.807, 2.05) is 60.7 Å². The first-order chi connectivity index (χ1) is 13.5. The highest BCUT2D eigenvalue weighted by Crippen LogP contribution is 2.36. The van der Waals surface area contributed by atoms with Crippen molar-refractivity contribution in [2.24, 2.45) is 0 Å². The minimum absolute atomic E-state index is 0.115. The zero-order valence-corrected chi connectivity index (χ0v) is 16.2. The van der Waals surface area contributed by atoms with Crippen molar-refractivity contribution in [1.29, 1.82) is 0 Å². The number of pyridine rings is 1. The van der Waals surface area contributed by atoms with Crippen molar-refractivity contribution < 1.29 is 9.53 Å². The summed E-state index contributed by atoms with van der Waals surface area (Å²) in [5.41, 5.74) is 4.09. The van der Waals surface area contributed by atoms with Crippen LogP contribution in [0.25, 0.3) is 21.8 Å². The third-order valence-electron chi connectivity index (χ3n) is 4.40. The van der Waals surface area contributed by atoms with Crippen LogP contribution in [-0.2, 0) is 4.79 Å². The van der Waals surface area contributed by atoms with Gasteiger partial charge in [-0.2, -0.15) is 0 Å². The van der Waals surface area contributed by atoms with Gasteiger partial charge in [-0.25, -0.2) is 4.98 Å². The zero-order chi connectivity index (χ0) is 19.7. The number of ether oxygens (including phenoxy) is 1. The van der Waals surface area contributed by atoms with Gasteiger partial charge >= 0.3 is 0 Å². The van der Waals surface area contributed by atoms with Gasteiger partial charge in [-0.15, -0.1) is 0 Å². The molecular weight excluding hydrogens is 374 g/mol. The van der Waals surface area contributed by atoms with Crippen LogP contribution in [0.3, 0.4) is 0 Å². The quantitative estimate of drug-likeness (QED) is 0.434. The summed E-state index contributed by atoms with van der Waals surface area (Å²) in [4.78, 5) is 16.1. The second-order valence-electron chi connectivity index (χ2n) is 6.42. The van der Waals surface area contributed by atoms with Crippen molar-refractivity contribution in [3.05, 3.63) is 65.7 Å². The number of fused-ring (bicyclic) bond motifs is 2. The molecule has 28 heavy (non-hydrogen) atoms. The van der Waals surface area contributed by atoms with E-state index in [-0.39, 0.29) is 5.91 Å². The molecule has 0 aliphatic carbocycles. The molecule has 6 heteroatoms. The SMILES string of the molecule is COc1ccc2nc3cc(Cl)ccc3c(Nc3cccc(NC(C)=O)c3)c2c1. The van der Waals surface area contributed by atoms with Crippen LogP contribution in [0.1, 0.15) is 6.92 Å². The summed E-state index contributed by atoms with van der Waals surface area (Å²) >= 11 is 6.18. The lowest BCUT2D eigenvalue weighted by atomic mass is 10.1. The van der Waals surface area contributed by atoms with Crippen molar-refractivity contribution in [2.45, 2.75) is 6.92 Å². The molecule has 4 aromatic rings. The van der Waals surface area contributed by atoms with E-state index in [1.54, 1.807) is 7.11 Å². The molecule has 0 radical (unpaired) electrons. The lowest BCUT2D eigenvalue weighted by Crippen LogP contribution is -2.05. The number of rotatable bonds is 4. The summed E-state index contributed by atoms with van der Waals surface area (Å²) in [5.74, 6) is 0.633. The van der Waals surface area contributed by atoms with E-state index in [0.717, 1.165) is 44.6 Å². The fraction of sp³-hybridized carbons (Fsp3) is 0.0909. The van der Waals surface area contributed by atoms with Crippen LogP contribution < -0.4 is 15.4 Å². The largest absolute Gasteiger partial charge is 0.497 e. The summed E-state index contributed by atoms with van der Waals surface area (Å²) in [7, 11) is 1.64. The molecule has 0 unspecified atom stereocenters. The first kappa shape index (κ1) is 18.1. The lowest BCUT2D eigenvalue weighted by Gasteiger charge is -2.15. The van der Waals surface area contributed by atoms with Crippen LogP contribution in [0.4, 0.5) is 17.1 Å². The molecule has 1 heterocycles. The Morgan fingerprint density at radius 2 is 1.79 bits per heavy atom. The average molecular weight is 392 g/mol. The number of halogens is 1. The molecule has 2 N–H and O–H groups in total. The molecule has 140 valence electrons. The summed E-state index contributed by atoms with van der Waals surface area (Å²) in [6, 6.07) is 19.0. The van der Waals surface area contributed by atoms with Crippen LogP contribution in [0, 0.1) is 0 Å². The van der Waals surface area contributed by atoms with Crippen LogP contribution in [0.15, 0.2) is 60.7 Å². The average Bonchev–Trinajstić information content (AvgIpc) is 2.67. The van der Waals surface area contributed by atoms with Gasteiger partial charge in [0.05, 0.1) is 23.8 Å². The van der Waals surface area contributed by atoms with E-state index in [4.69, 9.17) is 21.3 Å². The first-order valence-corrected chi connectivity index (χ1v) is 9.13. The van der Waals surface area contributed by atoms with Crippen LogP contribution in [0.2, 0.25) is 5.02 Å². The Morgan fingerprint density at radius 3 is 2.57 bits per heavy atom. The number of nitrogens with one attached hydrogen (secondary N) is 2. The third-order valence-corrected chi connectivity index (χ3v) is 4.63. The molecule has 1 aromatic heterocycles. The fourth-order valence-corrected chi connectivity index (χ4v) is 3.35. The highest BCUT2D eigenvalue weighted by molar-refractivity contribution is 6.31. The standard InChI is InChI=1S/C22H18ClN3O2/c1-13(27)24-15-4-3-5-16(11-15)25-22-18-8-6-14(23)10-21(18)26-20-9-7-17(28-2)12-19(20)22/h3-12H,1-2H3,(H,24,27)(H,25,26). The Hall–Kier alpha value is -3.31. The third kappa shape index (κ3) is 3.57. The minimum Gasteiger partial charge on any atom is -0.497 e. The number of aromatic nitrogens is 1. The van der Waals surface area contributed by atoms with E-state index in [9.17, 15) is 4.79 Å². The number of carbonyl (C=O) groups excluding carboxylic acids is 1. The van der Waals surface area contributed by atoms with E-state index < -0.39 is 0 Å². The highest BCUT2D eigenvalue weighted by atomic mass is 35.5. The van der Waals surface area contributed by atoms with E-state index in [2.05, 4.69) is 10.6 Å². The number of nitrogens with zero attached hydrogens (tertiary/aromatic N) is 1. The second-order valence-corrected chi connectivity index (χ2v) is 6.85. The fourth-order valence-electron chi connectivity index (χ4n) is 3.18. The van der Waals surface area contributed by atoms with Crippen molar-refractivity contribution >= 4 is 56.4 Å². The Bertz CT molecular complexity index is 1210. The molecule has 4 rings (SSSR count). The Labute approximate surface area is 167 Å². The van der Waals surface area contributed by atoms with Gasteiger partial charge < -0.3 is 15.4 Å². The lowest BCUT2D eigenvalue weighted by molar-refractivity contribution is -0.114. The summed E-state index contributed by atoms with van der Waals surface area (Å²) in [6.07, 6.45) is 0. The summed E-state index contributed by atoms with van der Waals surface area (Å²) in [6.45, 7) is 1.49. The molecule has 0 aliphatic rings. The van der Waals surface area contributed by atoms with E-state index in [1.165, 1.54) is 6.92 Å². The Balaban J connectivity index is 1.91. The molecule has 0 aliphatic heterocycles. The van der Waals surface area contributed by atoms with Crippen molar-refractivity contribution in [2.75, 3.05) is 17.7 Å². The molecule has 0 fully saturated rings. The molecule has 5 nitrogen and oxygen atoms in total. The zero-order valence-electron chi connectivity index (χ0n) is 15.4. The molecule has 0 saturated heterocycles. The van der Waals surface area contributed by atoms with Crippen LogP contribution in [-0.4, -0.2) is 18.0 Å². The number of methoxy groups -OCH3 is 1. The number of hydrogen-bond acceptors (Lipinski definition) is 4. The van der Waals surface area contributed by atoms with Crippen LogP contribution >= 0.6 is 11.6 Å². The van der Waals surface area contributed by atoms with Gasteiger partial charge in [0, 0.05) is 34.1 Å². The Kier molecular flexibility index (Phi) is 4.75. The predicted octanol–water partition coefficient (Wildman–Crippen LogP) is 5.75. The maximum atomic E-state index is 11.4. The van der Waals surface area contributed by atoms with Crippen molar-refractivity contribution in [3.8, 4) is 5.75 Å². The monoisotopic (exact) mass is 391 g/mol. The van der Waals surface area contributed by atoms with Gasteiger partial charge in [-0.05, 0) is 54.6 Å². The second kappa shape index (κ2) is 7.37. The molecular formula is C22H18ClN3O2. The van der Waals surface area contributed by atoms with Gasteiger partial charge in [0.2, 0.25) is 5.91 Å². The smallest absolute Gasteiger partial charge is 0.221 e. The molecule has 0 atom stereocenters. The topological polar surface area (TPSA) is 63.2 Å². The van der Waals surface area contributed by atoms with Gasteiger partial charge in [0.1, 0.15) is 5.75 Å². The van der Waals surface area contributed by atoms with E-state index >= 15 is 0 Å². The molecule has 0 saturated carbocycles. The molecule has 1 amide bonds. The van der Waals surface area contributed by atoms with Gasteiger partial charge in [-0.3, -0.25) is 4.79 Å².